The van der Waals surface area contributed by atoms with Crippen molar-refractivity contribution in [2.45, 2.75) is 71.1 Å². The van der Waals surface area contributed by atoms with Crippen LogP contribution in [0.3, 0.4) is 0 Å². The van der Waals surface area contributed by atoms with Crippen molar-refractivity contribution in [1.82, 2.24) is 0 Å². The van der Waals surface area contributed by atoms with Gasteiger partial charge in [0.2, 0.25) is 0 Å². The summed E-state index contributed by atoms with van der Waals surface area (Å²) >= 11 is 0. The number of ketones is 1. The number of fused-ring (bicyclic) bond motifs is 3. The molecule has 2 nitrogen and oxygen atoms in total. The summed E-state index contributed by atoms with van der Waals surface area (Å²) in [5.74, 6) is 4.40. The van der Waals surface area contributed by atoms with E-state index in [-0.39, 0.29) is 0 Å². The fourth-order valence-corrected chi connectivity index (χ4v) is 6.78. The van der Waals surface area contributed by atoms with Gasteiger partial charge in [-0.25, -0.2) is 0 Å². The first-order valence-electron chi connectivity index (χ1n) is 11.1. The van der Waals surface area contributed by atoms with E-state index in [0.29, 0.717) is 17.1 Å². The molecule has 4 aliphatic carbocycles. The van der Waals surface area contributed by atoms with Crippen LogP contribution in [0.5, 0.6) is 0 Å². The van der Waals surface area contributed by atoms with E-state index < -0.39 is 0 Å². The summed E-state index contributed by atoms with van der Waals surface area (Å²) in [5.41, 5.74) is 1.90. The van der Waals surface area contributed by atoms with Crippen LogP contribution in [0.2, 0.25) is 0 Å². The number of hydrogen-bond donors (Lipinski definition) is 0. The van der Waals surface area contributed by atoms with E-state index in [4.69, 9.17) is 4.74 Å². The predicted octanol–water partition coefficient (Wildman–Crippen LogP) is 5.73. The molecule has 0 aromatic rings. The molecule has 4 aliphatic rings. The van der Waals surface area contributed by atoms with Crippen LogP contribution in [0.25, 0.3) is 0 Å². The lowest BCUT2D eigenvalue weighted by molar-refractivity contribution is -0.115. The standard InChI is InChI=1S/C24H36O2/c1-3-24(13-4-5-15-26-2)14-12-21-20-11-9-19(25)16-18(20)8-10-22(21)23(24)17-6-7-17/h8,10,16-17,20-23H,3-7,9,11-15H2,1-2H3. The van der Waals surface area contributed by atoms with Crippen molar-refractivity contribution in [1.29, 1.82) is 0 Å². The Balaban J connectivity index is 1.58. The molecule has 0 radical (unpaired) electrons. The number of hydrogen-bond acceptors (Lipinski definition) is 2. The highest BCUT2D eigenvalue weighted by Crippen LogP contribution is 2.63. The molecule has 4 rings (SSSR count). The Kier molecular flexibility index (Phi) is 5.41. The van der Waals surface area contributed by atoms with E-state index in [0.717, 1.165) is 43.1 Å². The lowest BCUT2D eigenvalue weighted by Gasteiger charge is -2.55. The van der Waals surface area contributed by atoms with Gasteiger partial charge in [-0.3, -0.25) is 4.79 Å². The highest BCUT2D eigenvalue weighted by molar-refractivity contribution is 5.91. The maximum absolute atomic E-state index is 11.9. The van der Waals surface area contributed by atoms with E-state index in [9.17, 15) is 4.79 Å². The Morgan fingerprint density at radius 1 is 1.19 bits per heavy atom. The van der Waals surface area contributed by atoms with Crippen molar-refractivity contribution < 1.29 is 9.53 Å². The lowest BCUT2D eigenvalue weighted by Crippen LogP contribution is -2.47. The minimum Gasteiger partial charge on any atom is -0.385 e. The molecule has 0 spiro atoms. The normalized spacial score (nSPS) is 39.3. The first kappa shape index (κ1) is 18.5. The second-order valence-corrected chi connectivity index (χ2v) is 9.42. The van der Waals surface area contributed by atoms with Crippen molar-refractivity contribution in [2.24, 2.45) is 35.0 Å². The third kappa shape index (κ3) is 3.35. The van der Waals surface area contributed by atoms with Gasteiger partial charge < -0.3 is 4.74 Å². The molecule has 0 saturated heterocycles. The van der Waals surface area contributed by atoms with Gasteiger partial charge >= 0.3 is 0 Å². The first-order chi connectivity index (χ1) is 12.7. The molecule has 5 unspecified atom stereocenters. The summed E-state index contributed by atoms with van der Waals surface area (Å²) in [7, 11) is 1.82. The topological polar surface area (TPSA) is 26.3 Å². The van der Waals surface area contributed by atoms with Crippen LogP contribution in [0, 0.1) is 35.0 Å². The minimum atomic E-state index is 0.343. The number of rotatable bonds is 7. The molecule has 0 aromatic carbocycles. The zero-order valence-electron chi connectivity index (χ0n) is 16.7. The van der Waals surface area contributed by atoms with Gasteiger partial charge in [-0.2, -0.15) is 0 Å². The molecule has 5 atom stereocenters. The van der Waals surface area contributed by atoms with E-state index in [1.54, 1.807) is 0 Å². The van der Waals surface area contributed by atoms with Crippen LogP contribution in [0.4, 0.5) is 0 Å². The van der Waals surface area contributed by atoms with Gasteiger partial charge in [0.05, 0.1) is 0 Å². The molecule has 2 fully saturated rings. The van der Waals surface area contributed by atoms with Crippen LogP contribution >= 0.6 is 0 Å². The Bertz CT molecular complexity index is 585. The summed E-state index contributed by atoms with van der Waals surface area (Å²) in [4.78, 5) is 11.9. The molecule has 2 saturated carbocycles. The predicted molar refractivity (Wildman–Crippen MR) is 106 cm³/mol. The fraction of sp³-hybridized carbons (Fsp3) is 0.792. The molecule has 0 heterocycles. The molecule has 26 heavy (non-hydrogen) atoms. The van der Waals surface area contributed by atoms with Crippen molar-refractivity contribution >= 4 is 5.78 Å². The van der Waals surface area contributed by atoms with Crippen LogP contribution < -0.4 is 0 Å². The van der Waals surface area contributed by atoms with Crippen molar-refractivity contribution in [3.63, 3.8) is 0 Å². The monoisotopic (exact) mass is 356 g/mol. The SMILES string of the molecule is CCC1(CCCCOC)CCC2C3CCC(=O)C=C3C=CC2C1C1CC1. The second kappa shape index (κ2) is 7.62. The molecular weight excluding hydrogens is 320 g/mol. The molecular formula is C24H36O2. The molecule has 0 bridgehead atoms. The number of methoxy groups -OCH3 is 1. The summed E-state index contributed by atoms with van der Waals surface area (Å²) < 4.78 is 5.29. The maximum Gasteiger partial charge on any atom is 0.155 e. The average molecular weight is 357 g/mol. The summed E-state index contributed by atoms with van der Waals surface area (Å²) in [6.07, 6.45) is 19.6. The zero-order chi connectivity index (χ0) is 18.1. The fourth-order valence-electron chi connectivity index (χ4n) is 6.78. The van der Waals surface area contributed by atoms with Gasteiger partial charge in [0.25, 0.3) is 0 Å². The van der Waals surface area contributed by atoms with E-state index >= 15 is 0 Å². The largest absolute Gasteiger partial charge is 0.385 e. The lowest BCUT2D eigenvalue weighted by atomic mass is 9.50. The number of allylic oxidation sites excluding steroid dienone is 4. The van der Waals surface area contributed by atoms with Crippen molar-refractivity contribution in [3.8, 4) is 0 Å². The van der Waals surface area contributed by atoms with Crippen molar-refractivity contribution in [2.75, 3.05) is 13.7 Å². The highest BCUT2D eigenvalue weighted by Gasteiger charge is 2.54. The maximum atomic E-state index is 11.9. The number of carbonyl (C=O) groups is 1. The molecule has 2 heteroatoms. The van der Waals surface area contributed by atoms with E-state index in [2.05, 4.69) is 19.1 Å². The van der Waals surface area contributed by atoms with Crippen LogP contribution in [0.15, 0.2) is 23.8 Å². The first-order valence-corrected chi connectivity index (χ1v) is 11.1. The summed E-state index contributed by atoms with van der Waals surface area (Å²) in [6.45, 7) is 3.35. The van der Waals surface area contributed by atoms with Gasteiger partial charge in [0.15, 0.2) is 5.78 Å². The quantitative estimate of drug-likeness (QED) is 0.545. The van der Waals surface area contributed by atoms with Crippen molar-refractivity contribution in [3.05, 3.63) is 23.8 Å². The van der Waals surface area contributed by atoms with Gasteiger partial charge in [-0.15, -0.1) is 0 Å². The van der Waals surface area contributed by atoms with Crippen LogP contribution in [-0.2, 0) is 9.53 Å². The minimum absolute atomic E-state index is 0.343. The number of ether oxygens (including phenoxy) is 1. The van der Waals surface area contributed by atoms with Gasteiger partial charge in [-0.1, -0.05) is 31.9 Å². The van der Waals surface area contributed by atoms with Gasteiger partial charge in [0, 0.05) is 20.1 Å². The molecule has 0 amide bonds. The Morgan fingerprint density at radius 2 is 2.04 bits per heavy atom. The highest BCUT2D eigenvalue weighted by atomic mass is 16.5. The van der Waals surface area contributed by atoms with Crippen LogP contribution in [0.1, 0.15) is 71.1 Å². The summed E-state index contributed by atoms with van der Waals surface area (Å²) in [6, 6.07) is 0. The number of unbranched alkanes of at least 4 members (excludes halogenated alkanes) is 1. The third-order valence-electron chi connectivity index (χ3n) is 8.18. The Hall–Kier alpha value is -0.890. The average Bonchev–Trinajstić information content (AvgIpc) is 3.49. The zero-order valence-corrected chi connectivity index (χ0v) is 16.7. The van der Waals surface area contributed by atoms with Crippen LogP contribution in [-0.4, -0.2) is 19.5 Å². The van der Waals surface area contributed by atoms with E-state index in [1.807, 2.05) is 13.2 Å². The third-order valence-corrected chi connectivity index (χ3v) is 8.18. The van der Waals surface area contributed by atoms with E-state index in [1.165, 1.54) is 56.9 Å². The summed E-state index contributed by atoms with van der Waals surface area (Å²) in [5, 5.41) is 0. The smallest absolute Gasteiger partial charge is 0.155 e. The van der Waals surface area contributed by atoms with Gasteiger partial charge in [-0.05, 0) is 91.6 Å². The molecule has 0 aromatic heterocycles. The van der Waals surface area contributed by atoms with Gasteiger partial charge in [0.1, 0.15) is 0 Å². The molecule has 0 aliphatic heterocycles. The number of carbonyl (C=O) groups excluding carboxylic acids is 1. The Labute approximate surface area is 159 Å². The molecule has 144 valence electrons. The Morgan fingerprint density at radius 3 is 2.77 bits per heavy atom. The molecule has 0 N–H and O–H groups in total. The second-order valence-electron chi connectivity index (χ2n) is 9.42.